The van der Waals surface area contributed by atoms with Crippen molar-refractivity contribution in [2.75, 3.05) is 0 Å². The zero-order chi connectivity index (χ0) is 14.0. The molecule has 0 spiro atoms. The molecule has 0 aliphatic carbocycles. The molecule has 2 aromatic rings. The van der Waals surface area contributed by atoms with Gasteiger partial charge in [0.1, 0.15) is 0 Å². The van der Waals surface area contributed by atoms with Gasteiger partial charge in [-0.15, -0.1) is 0 Å². The van der Waals surface area contributed by atoms with Gasteiger partial charge in [0.25, 0.3) is 0 Å². The first kappa shape index (κ1) is 13.4. The van der Waals surface area contributed by atoms with Crippen molar-refractivity contribution in [3.8, 4) is 11.8 Å². The van der Waals surface area contributed by atoms with Gasteiger partial charge in [-0.25, -0.2) is 4.68 Å². The molecule has 0 saturated heterocycles. The van der Waals surface area contributed by atoms with Gasteiger partial charge in [-0.05, 0) is 56.0 Å². The number of aryl methyl sites for hydroxylation is 2. The lowest BCUT2D eigenvalue weighted by molar-refractivity contribution is 0.819. The Morgan fingerprint density at radius 3 is 2.47 bits per heavy atom. The van der Waals surface area contributed by atoms with Gasteiger partial charge in [0, 0.05) is 5.69 Å². The highest BCUT2D eigenvalue weighted by Crippen LogP contribution is 2.22. The third kappa shape index (κ3) is 2.26. The summed E-state index contributed by atoms with van der Waals surface area (Å²) in [5, 5.41) is 13.6. The topological polar surface area (TPSA) is 41.6 Å². The molecular weight excluding hydrogens is 234 g/mol. The molecule has 3 nitrogen and oxygen atoms in total. The van der Waals surface area contributed by atoms with Crippen LogP contribution in [-0.4, -0.2) is 9.78 Å². The molecule has 0 unspecified atom stereocenters. The summed E-state index contributed by atoms with van der Waals surface area (Å²) >= 11 is 0. The Morgan fingerprint density at radius 1 is 1.21 bits per heavy atom. The molecule has 0 atom stereocenters. The molecular formula is C16H19N3. The van der Waals surface area contributed by atoms with Crippen molar-refractivity contribution < 1.29 is 0 Å². The first-order chi connectivity index (χ1) is 9.12. The van der Waals surface area contributed by atoms with Gasteiger partial charge in [0.2, 0.25) is 0 Å². The first-order valence-electron chi connectivity index (χ1n) is 6.70. The summed E-state index contributed by atoms with van der Waals surface area (Å²) in [5.74, 6) is 0. The van der Waals surface area contributed by atoms with Gasteiger partial charge in [0.15, 0.2) is 0 Å². The molecule has 0 radical (unpaired) electrons. The third-order valence-electron chi connectivity index (χ3n) is 3.61. The summed E-state index contributed by atoms with van der Waals surface area (Å²) < 4.78 is 2.01. The second-order valence-corrected chi connectivity index (χ2v) is 4.72. The highest BCUT2D eigenvalue weighted by Gasteiger charge is 2.13. The van der Waals surface area contributed by atoms with E-state index in [4.69, 9.17) is 5.26 Å². The standard InChI is InChI=1S/C16H19N3/c1-5-14-9-13(10-17)7-8-16(14)19-12(4)15(6-2)11(3)18-19/h7-9H,5-6H2,1-4H3. The lowest BCUT2D eigenvalue weighted by atomic mass is 10.1. The lowest BCUT2D eigenvalue weighted by Gasteiger charge is -2.10. The van der Waals surface area contributed by atoms with Crippen LogP contribution in [0.3, 0.4) is 0 Å². The number of nitrogens with zero attached hydrogens (tertiary/aromatic N) is 3. The van der Waals surface area contributed by atoms with E-state index in [1.165, 1.54) is 11.3 Å². The number of benzene rings is 1. The van der Waals surface area contributed by atoms with E-state index in [0.29, 0.717) is 5.56 Å². The van der Waals surface area contributed by atoms with E-state index in [2.05, 4.69) is 38.9 Å². The van der Waals surface area contributed by atoms with Crippen LogP contribution in [0.25, 0.3) is 5.69 Å². The summed E-state index contributed by atoms with van der Waals surface area (Å²) in [6.07, 6.45) is 1.89. The minimum atomic E-state index is 0.706. The largest absolute Gasteiger partial charge is 0.237 e. The summed E-state index contributed by atoms with van der Waals surface area (Å²) in [4.78, 5) is 0. The average Bonchev–Trinajstić information content (AvgIpc) is 2.72. The van der Waals surface area contributed by atoms with Gasteiger partial charge in [-0.1, -0.05) is 13.8 Å². The van der Waals surface area contributed by atoms with Crippen LogP contribution in [0, 0.1) is 25.2 Å². The second-order valence-electron chi connectivity index (χ2n) is 4.72. The van der Waals surface area contributed by atoms with Crippen molar-refractivity contribution in [3.05, 3.63) is 46.3 Å². The molecule has 1 aromatic heterocycles. The number of aromatic nitrogens is 2. The SMILES string of the molecule is CCc1cc(C#N)ccc1-n1nc(C)c(CC)c1C. The minimum absolute atomic E-state index is 0.706. The zero-order valence-electron chi connectivity index (χ0n) is 12.0. The molecule has 0 saturated carbocycles. The number of hydrogen-bond donors (Lipinski definition) is 0. The summed E-state index contributed by atoms with van der Waals surface area (Å²) in [6, 6.07) is 8.00. The second kappa shape index (κ2) is 5.27. The van der Waals surface area contributed by atoms with Gasteiger partial charge in [-0.3, -0.25) is 0 Å². The Hall–Kier alpha value is -2.08. The molecule has 0 aliphatic heterocycles. The molecule has 2 rings (SSSR count). The van der Waals surface area contributed by atoms with E-state index < -0.39 is 0 Å². The molecule has 19 heavy (non-hydrogen) atoms. The quantitative estimate of drug-likeness (QED) is 0.840. The van der Waals surface area contributed by atoms with E-state index in [1.807, 2.05) is 22.9 Å². The Morgan fingerprint density at radius 2 is 1.95 bits per heavy atom. The molecule has 98 valence electrons. The maximum atomic E-state index is 8.99. The van der Waals surface area contributed by atoms with Crippen molar-refractivity contribution in [2.24, 2.45) is 0 Å². The number of nitriles is 1. The van der Waals surface area contributed by atoms with Crippen molar-refractivity contribution >= 4 is 0 Å². The van der Waals surface area contributed by atoms with Crippen molar-refractivity contribution in [1.29, 1.82) is 5.26 Å². The van der Waals surface area contributed by atoms with Gasteiger partial charge < -0.3 is 0 Å². The zero-order valence-corrected chi connectivity index (χ0v) is 12.0. The van der Waals surface area contributed by atoms with Crippen LogP contribution >= 0.6 is 0 Å². The normalized spacial score (nSPS) is 10.5. The van der Waals surface area contributed by atoms with Crippen molar-refractivity contribution in [2.45, 2.75) is 40.5 Å². The maximum absolute atomic E-state index is 8.99. The number of rotatable bonds is 3. The molecule has 1 heterocycles. The summed E-state index contributed by atoms with van der Waals surface area (Å²) in [5.41, 5.74) is 6.55. The Labute approximate surface area is 114 Å². The Bertz CT molecular complexity index is 645. The van der Waals surface area contributed by atoms with Crippen LogP contribution in [0.1, 0.15) is 41.9 Å². The highest BCUT2D eigenvalue weighted by molar-refractivity contribution is 5.48. The molecule has 3 heteroatoms. The Kier molecular flexibility index (Phi) is 3.71. The van der Waals surface area contributed by atoms with Gasteiger partial charge in [0.05, 0.1) is 23.0 Å². The van der Waals surface area contributed by atoms with Crippen LogP contribution in [0.5, 0.6) is 0 Å². The van der Waals surface area contributed by atoms with Crippen molar-refractivity contribution in [3.63, 3.8) is 0 Å². The van der Waals surface area contributed by atoms with Crippen LogP contribution in [0.2, 0.25) is 0 Å². The predicted octanol–water partition coefficient (Wildman–Crippen LogP) is 3.49. The minimum Gasteiger partial charge on any atom is -0.237 e. The van der Waals surface area contributed by atoms with Crippen molar-refractivity contribution in [1.82, 2.24) is 9.78 Å². The van der Waals surface area contributed by atoms with E-state index >= 15 is 0 Å². The predicted molar refractivity (Wildman–Crippen MR) is 76.5 cm³/mol. The maximum Gasteiger partial charge on any atom is 0.0991 e. The van der Waals surface area contributed by atoms with Gasteiger partial charge >= 0.3 is 0 Å². The lowest BCUT2D eigenvalue weighted by Crippen LogP contribution is -2.04. The van der Waals surface area contributed by atoms with Crippen LogP contribution in [0.15, 0.2) is 18.2 Å². The van der Waals surface area contributed by atoms with E-state index in [0.717, 1.165) is 29.8 Å². The fourth-order valence-electron chi connectivity index (χ4n) is 2.57. The number of hydrogen-bond acceptors (Lipinski definition) is 2. The average molecular weight is 253 g/mol. The van der Waals surface area contributed by atoms with Crippen LogP contribution in [-0.2, 0) is 12.8 Å². The summed E-state index contributed by atoms with van der Waals surface area (Å²) in [7, 11) is 0. The first-order valence-corrected chi connectivity index (χ1v) is 6.70. The molecule has 0 N–H and O–H groups in total. The molecule has 0 amide bonds. The third-order valence-corrected chi connectivity index (χ3v) is 3.61. The van der Waals surface area contributed by atoms with E-state index in [9.17, 15) is 0 Å². The molecule has 0 bridgehead atoms. The Balaban J connectivity index is 2.62. The van der Waals surface area contributed by atoms with E-state index in [-0.39, 0.29) is 0 Å². The molecule has 0 fully saturated rings. The van der Waals surface area contributed by atoms with Gasteiger partial charge in [-0.2, -0.15) is 10.4 Å². The molecule has 0 aliphatic rings. The monoisotopic (exact) mass is 253 g/mol. The van der Waals surface area contributed by atoms with E-state index in [1.54, 1.807) is 0 Å². The van der Waals surface area contributed by atoms with Crippen LogP contribution in [0.4, 0.5) is 0 Å². The summed E-state index contributed by atoms with van der Waals surface area (Å²) in [6.45, 7) is 8.42. The molecule has 1 aromatic carbocycles. The smallest absolute Gasteiger partial charge is 0.0991 e. The highest BCUT2D eigenvalue weighted by atomic mass is 15.3. The fraction of sp³-hybridized carbons (Fsp3) is 0.375. The van der Waals surface area contributed by atoms with Crippen LogP contribution < -0.4 is 0 Å². The fourth-order valence-corrected chi connectivity index (χ4v) is 2.57.